The summed E-state index contributed by atoms with van der Waals surface area (Å²) in [7, 11) is 1.64. The molecule has 2 aromatic heterocycles. The molecule has 4 heterocycles. The molecule has 0 saturated carbocycles. The number of thiophene rings is 1. The summed E-state index contributed by atoms with van der Waals surface area (Å²) < 4.78 is 15.4. The number of nitriles is 1. The summed E-state index contributed by atoms with van der Waals surface area (Å²) in [6.07, 6.45) is 7.03. The molecule has 30 heavy (non-hydrogen) atoms. The summed E-state index contributed by atoms with van der Waals surface area (Å²) in [5, 5.41) is 11.4. The molecule has 3 aromatic rings. The second-order valence-corrected chi connectivity index (χ2v) is 10.2. The van der Waals surface area contributed by atoms with Gasteiger partial charge in [0.1, 0.15) is 15.7 Å². The highest BCUT2D eigenvalue weighted by molar-refractivity contribution is 7.30. The molecule has 0 radical (unpaired) electrons. The van der Waals surface area contributed by atoms with Crippen molar-refractivity contribution in [1.82, 2.24) is 4.98 Å². The van der Waals surface area contributed by atoms with E-state index in [1.807, 2.05) is 6.07 Å². The quantitative estimate of drug-likeness (QED) is 0.352. The topological polar surface area (TPSA) is 78.3 Å². The van der Waals surface area contributed by atoms with Gasteiger partial charge in [-0.1, -0.05) is 24.1 Å². The zero-order valence-electron chi connectivity index (χ0n) is 16.7. The molecule has 1 atom stereocenters. The van der Waals surface area contributed by atoms with Crippen molar-refractivity contribution in [1.29, 1.82) is 5.26 Å². The van der Waals surface area contributed by atoms with Crippen LogP contribution in [0.3, 0.4) is 0 Å². The number of hydrogen-bond acceptors (Lipinski definition) is 7. The average Bonchev–Trinajstić information content (AvgIpc) is 3.29. The van der Waals surface area contributed by atoms with E-state index >= 15 is 0 Å². The summed E-state index contributed by atoms with van der Waals surface area (Å²) in [4.78, 5) is 12.2. The number of halogens is 1. The van der Waals surface area contributed by atoms with Crippen LogP contribution in [0.1, 0.15) is 24.8 Å². The van der Waals surface area contributed by atoms with Crippen LogP contribution in [0.15, 0.2) is 23.2 Å². The fourth-order valence-corrected chi connectivity index (χ4v) is 7.13. The standard InChI is InChI=1S/C21H21BFN5S2/c1-26-10-14-7-13(8-15(23)18(14)25)19-27-20-16(29-19)9-17(30-20)28-6-4-21(28)3-2-5-22(11-21)12-24/h7-10H,2-6,11,25H2,1H3. The van der Waals surface area contributed by atoms with Crippen molar-refractivity contribution < 1.29 is 4.39 Å². The summed E-state index contributed by atoms with van der Waals surface area (Å²) in [5.74, 6) is 2.04. The molecule has 1 unspecified atom stereocenters. The van der Waals surface area contributed by atoms with Gasteiger partial charge < -0.3 is 10.6 Å². The van der Waals surface area contributed by atoms with Crippen molar-refractivity contribution in [3.8, 4) is 16.5 Å². The van der Waals surface area contributed by atoms with Crippen LogP contribution in [0, 0.1) is 17.0 Å². The van der Waals surface area contributed by atoms with Crippen molar-refractivity contribution >= 4 is 55.8 Å². The van der Waals surface area contributed by atoms with Gasteiger partial charge in [0.25, 0.3) is 6.71 Å². The van der Waals surface area contributed by atoms with Gasteiger partial charge in [0.2, 0.25) is 0 Å². The molecule has 2 fully saturated rings. The minimum atomic E-state index is -0.450. The fourth-order valence-electron chi connectivity index (χ4n) is 4.79. The Morgan fingerprint density at radius 3 is 2.93 bits per heavy atom. The van der Waals surface area contributed by atoms with Gasteiger partial charge in [0, 0.05) is 42.4 Å². The normalized spacial score (nSPS) is 21.5. The molecular formula is C21H21BFN5S2. The SMILES string of the molecule is CN=Cc1cc(-c2nc3sc(N4CCC45CCCB(C#N)C5)cc3s2)cc(F)c1N. The van der Waals surface area contributed by atoms with Crippen molar-refractivity contribution in [2.24, 2.45) is 4.99 Å². The van der Waals surface area contributed by atoms with Crippen LogP contribution in [0.4, 0.5) is 15.1 Å². The molecule has 2 saturated heterocycles. The largest absolute Gasteiger partial charge is 0.396 e. The molecule has 0 bridgehead atoms. The van der Waals surface area contributed by atoms with Crippen LogP contribution in [-0.4, -0.2) is 37.0 Å². The number of hydrogen-bond donors (Lipinski definition) is 1. The van der Waals surface area contributed by atoms with Gasteiger partial charge in [-0.05, 0) is 37.4 Å². The highest BCUT2D eigenvalue weighted by Gasteiger charge is 2.49. The van der Waals surface area contributed by atoms with E-state index in [4.69, 9.17) is 10.7 Å². The average molecular weight is 437 g/mol. The maximum Gasteiger partial charge on any atom is 0.270 e. The highest BCUT2D eigenvalue weighted by atomic mass is 32.1. The van der Waals surface area contributed by atoms with Gasteiger partial charge in [-0.3, -0.25) is 4.99 Å². The third kappa shape index (κ3) is 3.10. The van der Waals surface area contributed by atoms with Crippen LogP contribution in [-0.2, 0) is 0 Å². The molecule has 1 aromatic carbocycles. The summed E-state index contributed by atoms with van der Waals surface area (Å²) in [6, 6.07) is 5.49. The van der Waals surface area contributed by atoms with Crippen LogP contribution in [0.5, 0.6) is 0 Å². The van der Waals surface area contributed by atoms with Gasteiger partial charge in [-0.2, -0.15) is 0 Å². The Labute approximate surface area is 183 Å². The molecule has 9 heteroatoms. The molecule has 2 aliphatic rings. The minimum absolute atomic E-state index is 0.108. The van der Waals surface area contributed by atoms with Crippen molar-refractivity contribution in [2.75, 3.05) is 24.2 Å². The van der Waals surface area contributed by atoms with E-state index < -0.39 is 5.82 Å². The Morgan fingerprint density at radius 2 is 2.23 bits per heavy atom. The molecule has 0 amide bonds. The predicted octanol–water partition coefficient (Wildman–Crippen LogP) is 5.10. The molecule has 152 valence electrons. The molecular weight excluding hydrogens is 416 g/mol. The number of nitrogen functional groups attached to an aromatic ring is 1. The molecule has 0 aliphatic carbocycles. The third-order valence-corrected chi connectivity index (χ3v) is 8.63. The number of fused-ring (bicyclic) bond motifs is 1. The van der Waals surface area contributed by atoms with Crippen LogP contribution in [0.25, 0.3) is 20.1 Å². The predicted molar refractivity (Wildman–Crippen MR) is 126 cm³/mol. The number of anilines is 2. The number of aromatic nitrogens is 1. The summed E-state index contributed by atoms with van der Waals surface area (Å²) in [6.45, 7) is 1.22. The summed E-state index contributed by atoms with van der Waals surface area (Å²) >= 11 is 3.27. The van der Waals surface area contributed by atoms with Crippen molar-refractivity contribution in [3.63, 3.8) is 0 Å². The monoisotopic (exact) mass is 437 g/mol. The first-order chi connectivity index (χ1) is 14.5. The fraction of sp³-hybridized carbons (Fsp3) is 0.381. The van der Waals surface area contributed by atoms with Crippen molar-refractivity contribution in [2.45, 2.75) is 37.4 Å². The number of rotatable bonds is 3. The van der Waals surface area contributed by atoms with E-state index in [0.29, 0.717) is 5.56 Å². The Morgan fingerprint density at radius 1 is 1.37 bits per heavy atom. The first-order valence-electron chi connectivity index (χ1n) is 10.1. The van der Waals surface area contributed by atoms with Crippen molar-refractivity contribution in [3.05, 3.63) is 29.6 Å². The van der Waals surface area contributed by atoms with E-state index in [-0.39, 0.29) is 17.9 Å². The number of thiazole rings is 1. The van der Waals surface area contributed by atoms with Crippen LogP contribution >= 0.6 is 22.7 Å². The number of aliphatic imine (C=N–C) groups is 1. The van der Waals surface area contributed by atoms with E-state index in [1.165, 1.54) is 23.9 Å². The third-order valence-electron chi connectivity index (χ3n) is 6.40. The lowest BCUT2D eigenvalue weighted by atomic mass is 9.38. The lowest BCUT2D eigenvalue weighted by Crippen LogP contribution is -2.62. The second kappa shape index (κ2) is 7.36. The first kappa shape index (κ1) is 19.5. The van der Waals surface area contributed by atoms with Crippen LogP contribution < -0.4 is 10.6 Å². The van der Waals surface area contributed by atoms with Gasteiger partial charge in [-0.25, -0.2) is 14.6 Å². The zero-order chi connectivity index (χ0) is 20.9. The molecule has 5 rings (SSSR count). The van der Waals surface area contributed by atoms with Crippen LogP contribution in [0.2, 0.25) is 12.6 Å². The molecule has 5 nitrogen and oxygen atoms in total. The molecule has 1 spiro atoms. The van der Waals surface area contributed by atoms with Gasteiger partial charge in [-0.15, -0.1) is 11.3 Å². The van der Waals surface area contributed by atoms with E-state index in [1.54, 1.807) is 35.9 Å². The number of nitrogens with two attached hydrogens (primary N) is 1. The van der Waals surface area contributed by atoms with E-state index in [9.17, 15) is 9.65 Å². The number of nitrogens with zero attached hydrogens (tertiary/aromatic N) is 4. The molecule has 2 N–H and O–H groups in total. The van der Waals surface area contributed by atoms with Gasteiger partial charge >= 0.3 is 0 Å². The lowest BCUT2D eigenvalue weighted by Gasteiger charge is -2.56. The highest BCUT2D eigenvalue weighted by Crippen LogP contribution is 2.50. The Bertz CT molecular complexity index is 1160. The minimum Gasteiger partial charge on any atom is -0.396 e. The van der Waals surface area contributed by atoms with E-state index in [0.717, 1.165) is 45.7 Å². The maximum atomic E-state index is 14.3. The Balaban J connectivity index is 1.45. The number of benzene rings is 1. The summed E-state index contributed by atoms with van der Waals surface area (Å²) in [5.41, 5.74) is 7.38. The van der Waals surface area contributed by atoms with Gasteiger partial charge in [0.15, 0.2) is 0 Å². The second-order valence-electron chi connectivity index (χ2n) is 8.17. The molecule has 2 aliphatic heterocycles. The van der Waals surface area contributed by atoms with E-state index in [2.05, 4.69) is 21.9 Å². The zero-order valence-corrected chi connectivity index (χ0v) is 18.3. The van der Waals surface area contributed by atoms with Gasteiger partial charge in [0.05, 0.1) is 15.4 Å². The smallest absolute Gasteiger partial charge is 0.270 e. The first-order valence-corrected chi connectivity index (χ1v) is 11.8. The Kier molecular flexibility index (Phi) is 4.79. The lowest BCUT2D eigenvalue weighted by molar-refractivity contribution is 0.270. The Hall–Kier alpha value is -2.44. The maximum absolute atomic E-state index is 14.3.